The topological polar surface area (TPSA) is 94.7 Å². The van der Waals surface area contributed by atoms with Crippen LogP contribution in [0, 0.1) is 0 Å². The van der Waals surface area contributed by atoms with Gasteiger partial charge >= 0.3 is 6.09 Å². The van der Waals surface area contributed by atoms with Gasteiger partial charge in [0.15, 0.2) is 0 Å². The highest BCUT2D eigenvalue weighted by atomic mass is 16.5. The third-order valence-electron chi connectivity index (χ3n) is 6.67. The van der Waals surface area contributed by atoms with Crippen molar-refractivity contribution >= 4 is 22.9 Å². The lowest BCUT2D eigenvalue weighted by atomic mass is 9.88. The third kappa shape index (κ3) is 5.20. The van der Waals surface area contributed by atoms with Gasteiger partial charge in [-0.2, -0.15) is 0 Å². The summed E-state index contributed by atoms with van der Waals surface area (Å²) in [5.74, 6) is 0.357. The Hall–Kier alpha value is -4.26. The summed E-state index contributed by atoms with van der Waals surface area (Å²) in [4.78, 5) is 31.0. The van der Waals surface area contributed by atoms with E-state index in [1.54, 1.807) is 14.0 Å². The summed E-state index contributed by atoms with van der Waals surface area (Å²) in [5.41, 5.74) is 2.13. The summed E-state index contributed by atoms with van der Waals surface area (Å²) in [7, 11) is 1.60. The average Bonchev–Trinajstić information content (AvgIpc) is 3.30. The molecule has 1 aromatic heterocycles. The zero-order chi connectivity index (χ0) is 25.7. The van der Waals surface area contributed by atoms with Crippen LogP contribution in [-0.2, 0) is 17.8 Å². The molecular weight excluding hydrogens is 454 g/mol. The molecule has 0 fully saturated rings. The number of amides is 2. The number of carbonyl (C=O) groups is 2. The summed E-state index contributed by atoms with van der Waals surface area (Å²) in [6, 6.07) is 24.2. The van der Waals surface area contributed by atoms with Gasteiger partial charge in [0.25, 0.3) is 0 Å². The number of rotatable bonds is 9. The van der Waals surface area contributed by atoms with Gasteiger partial charge in [0, 0.05) is 23.5 Å². The van der Waals surface area contributed by atoms with E-state index >= 15 is 0 Å². The van der Waals surface area contributed by atoms with E-state index < -0.39 is 11.6 Å². The molecule has 7 nitrogen and oxygen atoms in total. The molecule has 4 aromatic rings. The average molecular weight is 486 g/mol. The molecule has 4 rings (SSSR count). The normalized spacial score (nSPS) is 13.5. The second-order valence-electron chi connectivity index (χ2n) is 9.13. The highest BCUT2D eigenvalue weighted by Gasteiger charge is 2.43. The van der Waals surface area contributed by atoms with Crippen LogP contribution >= 0.6 is 0 Å². The maximum Gasteiger partial charge on any atom is 0.408 e. The van der Waals surface area contributed by atoms with Gasteiger partial charge in [-0.05, 0) is 48.7 Å². The number of carboxylic acid groups (broad SMARTS) is 1. The molecule has 3 aromatic carbocycles. The summed E-state index contributed by atoms with van der Waals surface area (Å²) in [6.07, 6.45) is 0.900. The second-order valence-corrected chi connectivity index (χ2v) is 9.13. The fraction of sp³-hybridized carbons (Fsp3) is 0.241. The zero-order valence-electron chi connectivity index (χ0n) is 20.7. The Bertz CT molecular complexity index is 1330. The first kappa shape index (κ1) is 24.9. The Morgan fingerprint density at radius 2 is 1.69 bits per heavy atom. The molecule has 0 bridgehead atoms. The molecule has 0 spiro atoms. The number of nitrogens with zero attached hydrogens (tertiary/aromatic N) is 1. The largest absolute Gasteiger partial charge is 0.497 e. The molecule has 1 heterocycles. The first-order valence-corrected chi connectivity index (χ1v) is 11.9. The highest BCUT2D eigenvalue weighted by Crippen LogP contribution is 2.29. The Kier molecular flexibility index (Phi) is 7.29. The van der Waals surface area contributed by atoms with Crippen LogP contribution in [0.15, 0.2) is 85.1 Å². The molecule has 0 aliphatic rings. The van der Waals surface area contributed by atoms with E-state index in [1.165, 1.54) is 4.90 Å². The van der Waals surface area contributed by atoms with Crippen molar-refractivity contribution < 1.29 is 19.4 Å². The molecule has 0 saturated carbocycles. The van der Waals surface area contributed by atoms with Crippen molar-refractivity contribution in [2.45, 2.75) is 38.4 Å². The number of aromatic amines is 1. The maximum absolute atomic E-state index is 13.9. The van der Waals surface area contributed by atoms with Crippen LogP contribution < -0.4 is 10.1 Å². The van der Waals surface area contributed by atoms with Gasteiger partial charge in [-0.3, -0.25) is 9.69 Å². The van der Waals surface area contributed by atoms with Crippen molar-refractivity contribution in [2.75, 3.05) is 7.11 Å². The van der Waals surface area contributed by atoms with E-state index in [-0.39, 0.29) is 24.9 Å². The van der Waals surface area contributed by atoms with Crippen LogP contribution in [0.4, 0.5) is 4.79 Å². The molecule has 0 radical (unpaired) electrons. The monoisotopic (exact) mass is 485 g/mol. The molecule has 0 aliphatic heterocycles. The Labute approximate surface area is 210 Å². The number of aromatic nitrogens is 1. The minimum absolute atomic E-state index is 0.0827. The van der Waals surface area contributed by atoms with E-state index in [1.807, 2.05) is 92.0 Å². The molecule has 2 amide bonds. The number of carbonyl (C=O) groups excluding carboxylic acids is 1. The molecule has 186 valence electrons. The Balaban J connectivity index is 1.69. The number of fused-ring (bicyclic) bond motifs is 1. The van der Waals surface area contributed by atoms with Crippen LogP contribution in [-0.4, -0.2) is 39.6 Å². The molecule has 2 atom stereocenters. The molecule has 1 unspecified atom stereocenters. The smallest absolute Gasteiger partial charge is 0.408 e. The van der Waals surface area contributed by atoms with Gasteiger partial charge in [0.05, 0.1) is 19.7 Å². The predicted molar refractivity (Wildman–Crippen MR) is 140 cm³/mol. The molecular formula is C29H31N3O4. The molecule has 0 aliphatic carbocycles. The quantitative estimate of drug-likeness (QED) is 0.290. The van der Waals surface area contributed by atoms with Gasteiger partial charge < -0.3 is 20.1 Å². The SMILES string of the molecule is COc1ccc(C(C)NC(=O)[C@@](C)(Cc2c[nH]c3ccccc23)N(Cc2ccccc2)C(=O)O)cc1. The van der Waals surface area contributed by atoms with E-state index in [4.69, 9.17) is 4.74 Å². The summed E-state index contributed by atoms with van der Waals surface area (Å²) >= 11 is 0. The molecule has 0 saturated heterocycles. The fourth-order valence-corrected chi connectivity index (χ4v) is 4.49. The number of benzene rings is 3. The standard InChI is InChI=1S/C29H31N3O4/c1-20(22-13-15-24(36-3)16-14-22)31-27(33)29(2,17-23-18-30-26-12-8-7-11-25(23)26)32(28(34)35)19-21-9-5-4-6-10-21/h4-16,18,20,30H,17,19H2,1-3H3,(H,31,33)(H,34,35)/t20?,29-/m1/s1. The number of hydrogen-bond acceptors (Lipinski definition) is 3. The molecule has 7 heteroatoms. The molecule has 3 N–H and O–H groups in total. The summed E-state index contributed by atoms with van der Waals surface area (Å²) < 4.78 is 5.23. The fourth-order valence-electron chi connectivity index (χ4n) is 4.49. The minimum Gasteiger partial charge on any atom is -0.497 e. The van der Waals surface area contributed by atoms with Crippen LogP contribution in [0.3, 0.4) is 0 Å². The summed E-state index contributed by atoms with van der Waals surface area (Å²) in [6.45, 7) is 3.66. The number of nitrogens with one attached hydrogen (secondary N) is 2. The number of hydrogen-bond donors (Lipinski definition) is 3. The molecule has 36 heavy (non-hydrogen) atoms. The number of para-hydroxylation sites is 1. The first-order chi connectivity index (χ1) is 17.3. The van der Waals surface area contributed by atoms with Crippen LogP contribution in [0.1, 0.15) is 36.6 Å². The zero-order valence-corrected chi connectivity index (χ0v) is 20.7. The van der Waals surface area contributed by atoms with Crippen molar-refractivity contribution in [2.24, 2.45) is 0 Å². The third-order valence-corrected chi connectivity index (χ3v) is 6.67. The van der Waals surface area contributed by atoms with Gasteiger partial charge in [-0.25, -0.2) is 4.79 Å². The first-order valence-electron chi connectivity index (χ1n) is 11.9. The number of methoxy groups -OCH3 is 1. The lowest BCUT2D eigenvalue weighted by molar-refractivity contribution is -0.132. The van der Waals surface area contributed by atoms with E-state index in [2.05, 4.69) is 10.3 Å². The van der Waals surface area contributed by atoms with Crippen LogP contribution in [0.2, 0.25) is 0 Å². The van der Waals surface area contributed by atoms with Gasteiger partial charge in [0.1, 0.15) is 11.3 Å². The van der Waals surface area contributed by atoms with Crippen LogP contribution in [0.25, 0.3) is 10.9 Å². The van der Waals surface area contributed by atoms with Gasteiger partial charge in [-0.15, -0.1) is 0 Å². The lowest BCUT2D eigenvalue weighted by Gasteiger charge is -2.39. The van der Waals surface area contributed by atoms with Crippen molar-refractivity contribution in [1.82, 2.24) is 15.2 Å². The van der Waals surface area contributed by atoms with Crippen molar-refractivity contribution in [3.63, 3.8) is 0 Å². The predicted octanol–water partition coefficient (Wildman–Crippen LogP) is 5.54. The summed E-state index contributed by atoms with van der Waals surface area (Å²) in [5, 5.41) is 14.3. The van der Waals surface area contributed by atoms with E-state index in [9.17, 15) is 14.7 Å². The lowest BCUT2D eigenvalue weighted by Crippen LogP contribution is -2.59. The van der Waals surface area contributed by atoms with Crippen LogP contribution in [0.5, 0.6) is 5.75 Å². The minimum atomic E-state index is -1.38. The van der Waals surface area contributed by atoms with E-state index in [0.717, 1.165) is 33.3 Å². The van der Waals surface area contributed by atoms with Crippen molar-refractivity contribution in [3.05, 3.63) is 102 Å². The Morgan fingerprint density at radius 1 is 1.03 bits per heavy atom. The van der Waals surface area contributed by atoms with Crippen molar-refractivity contribution in [1.29, 1.82) is 0 Å². The maximum atomic E-state index is 13.9. The second kappa shape index (κ2) is 10.6. The number of H-pyrrole nitrogens is 1. The van der Waals surface area contributed by atoms with Crippen molar-refractivity contribution in [3.8, 4) is 5.75 Å². The number of ether oxygens (including phenoxy) is 1. The van der Waals surface area contributed by atoms with Gasteiger partial charge in [0.2, 0.25) is 5.91 Å². The van der Waals surface area contributed by atoms with Gasteiger partial charge in [-0.1, -0.05) is 60.7 Å². The Morgan fingerprint density at radius 3 is 2.36 bits per heavy atom. The van der Waals surface area contributed by atoms with E-state index in [0.29, 0.717) is 0 Å². The highest BCUT2D eigenvalue weighted by molar-refractivity contribution is 5.91.